The molecule has 5 nitrogen and oxygen atoms in total. The van der Waals surface area contributed by atoms with Crippen molar-refractivity contribution in [2.45, 2.75) is 31.6 Å². The highest BCUT2D eigenvalue weighted by atomic mass is 16.5. The summed E-state index contributed by atoms with van der Waals surface area (Å²) in [4.78, 5) is 12.5. The van der Waals surface area contributed by atoms with Crippen LogP contribution in [0, 0.1) is 11.3 Å². The van der Waals surface area contributed by atoms with Crippen LogP contribution in [0.3, 0.4) is 0 Å². The maximum absolute atomic E-state index is 12.5. The van der Waals surface area contributed by atoms with Gasteiger partial charge in [0.1, 0.15) is 17.5 Å². The molecule has 0 aromatic heterocycles. The summed E-state index contributed by atoms with van der Waals surface area (Å²) >= 11 is 0. The van der Waals surface area contributed by atoms with Crippen molar-refractivity contribution in [2.24, 2.45) is 0 Å². The number of carbonyl (C=O) groups excluding carboxylic acids is 1. The summed E-state index contributed by atoms with van der Waals surface area (Å²) in [5.74, 6) is 0.272. The van der Waals surface area contributed by atoms with E-state index in [2.05, 4.69) is 11.4 Å². The van der Waals surface area contributed by atoms with Crippen molar-refractivity contribution in [3.8, 4) is 11.8 Å². The number of nitrogens with zero attached hydrogens (tertiary/aromatic N) is 1. The van der Waals surface area contributed by atoms with Crippen molar-refractivity contribution in [1.82, 2.24) is 5.32 Å². The average molecular weight is 322 g/mol. The third-order valence-electron chi connectivity index (χ3n) is 4.20. The fourth-order valence-corrected chi connectivity index (χ4v) is 2.84. The van der Waals surface area contributed by atoms with E-state index in [9.17, 15) is 9.90 Å². The number of amides is 1. The maximum atomic E-state index is 12.5. The lowest BCUT2D eigenvalue weighted by Gasteiger charge is -2.42. The number of hydrogen-bond acceptors (Lipinski definition) is 4. The minimum Gasteiger partial charge on any atom is -0.485 e. The van der Waals surface area contributed by atoms with Crippen molar-refractivity contribution >= 4 is 5.91 Å². The molecule has 24 heavy (non-hydrogen) atoms. The van der Waals surface area contributed by atoms with E-state index in [0.29, 0.717) is 22.4 Å². The molecule has 0 bridgehead atoms. The highest BCUT2D eigenvalue weighted by Gasteiger charge is 2.43. The van der Waals surface area contributed by atoms with Gasteiger partial charge in [0.15, 0.2) is 0 Å². The van der Waals surface area contributed by atoms with E-state index in [4.69, 9.17) is 10.00 Å². The molecule has 0 saturated heterocycles. The highest BCUT2D eigenvalue weighted by Crippen LogP contribution is 2.40. The second kappa shape index (κ2) is 5.99. The third kappa shape index (κ3) is 2.84. The van der Waals surface area contributed by atoms with Gasteiger partial charge in [-0.15, -0.1) is 0 Å². The summed E-state index contributed by atoms with van der Waals surface area (Å²) in [5, 5.41) is 22.7. The predicted octanol–water partition coefficient (Wildman–Crippen LogP) is 2.56. The van der Waals surface area contributed by atoms with Crippen LogP contribution in [-0.2, 0) is 0 Å². The molecule has 2 aromatic carbocycles. The first-order valence-electron chi connectivity index (χ1n) is 7.69. The molecule has 0 fully saturated rings. The molecular formula is C19H18N2O3. The molecule has 0 aliphatic carbocycles. The molecule has 5 heteroatoms. The van der Waals surface area contributed by atoms with Gasteiger partial charge in [-0.1, -0.05) is 18.2 Å². The quantitative estimate of drug-likeness (QED) is 0.890. The van der Waals surface area contributed by atoms with Crippen molar-refractivity contribution < 1.29 is 14.6 Å². The maximum Gasteiger partial charge on any atom is 0.251 e. The number of ether oxygens (including phenoxy) is 1. The fourth-order valence-electron chi connectivity index (χ4n) is 2.84. The second-order valence-electron chi connectivity index (χ2n) is 6.33. The lowest BCUT2D eigenvalue weighted by atomic mass is 9.85. The van der Waals surface area contributed by atoms with Crippen LogP contribution in [0.5, 0.6) is 5.75 Å². The molecule has 1 amide bonds. The number of aliphatic hydroxyl groups is 1. The Balaban J connectivity index is 1.99. The number of carbonyl (C=O) groups is 1. The molecule has 0 unspecified atom stereocenters. The van der Waals surface area contributed by atoms with Crippen molar-refractivity contribution in [3.05, 3.63) is 65.2 Å². The van der Waals surface area contributed by atoms with Crippen LogP contribution in [0.4, 0.5) is 0 Å². The molecule has 1 aliphatic rings. The molecule has 2 aromatic rings. The van der Waals surface area contributed by atoms with E-state index < -0.39 is 17.7 Å². The SMILES string of the molecule is CC1(C)Oc2ccc(C#N)cc2[C@@H](NC(=O)c2ccccc2)[C@@H]1O. The van der Waals surface area contributed by atoms with Crippen LogP contribution in [0.15, 0.2) is 48.5 Å². The number of benzene rings is 2. The summed E-state index contributed by atoms with van der Waals surface area (Å²) in [6, 6.07) is 15.2. The molecule has 1 heterocycles. The van der Waals surface area contributed by atoms with Gasteiger partial charge in [-0.05, 0) is 44.2 Å². The Morgan fingerprint density at radius 3 is 2.62 bits per heavy atom. The first kappa shape index (κ1) is 16.0. The minimum atomic E-state index is -0.952. The monoisotopic (exact) mass is 322 g/mol. The van der Waals surface area contributed by atoms with Gasteiger partial charge in [0.05, 0.1) is 17.7 Å². The first-order chi connectivity index (χ1) is 11.4. The number of aliphatic hydroxyl groups excluding tert-OH is 1. The number of nitriles is 1. The molecular weight excluding hydrogens is 304 g/mol. The van der Waals surface area contributed by atoms with Gasteiger partial charge >= 0.3 is 0 Å². The topological polar surface area (TPSA) is 82.3 Å². The van der Waals surface area contributed by atoms with Gasteiger partial charge < -0.3 is 15.2 Å². The molecule has 1 aliphatic heterocycles. The van der Waals surface area contributed by atoms with Gasteiger partial charge in [0.25, 0.3) is 5.91 Å². The smallest absolute Gasteiger partial charge is 0.251 e. The Labute approximate surface area is 140 Å². The Kier molecular flexibility index (Phi) is 4.00. The number of nitrogens with one attached hydrogen (secondary N) is 1. The Morgan fingerprint density at radius 1 is 1.25 bits per heavy atom. The van der Waals surface area contributed by atoms with Gasteiger partial charge in [0.2, 0.25) is 0 Å². The van der Waals surface area contributed by atoms with Crippen LogP contribution in [0.25, 0.3) is 0 Å². The van der Waals surface area contributed by atoms with E-state index in [0.717, 1.165) is 0 Å². The minimum absolute atomic E-state index is 0.286. The molecule has 122 valence electrons. The largest absolute Gasteiger partial charge is 0.485 e. The normalized spacial score (nSPS) is 21.1. The van der Waals surface area contributed by atoms with E-state index in [1.807, 2.05) is 6.07 Å². The van der Waals surface area contributed by atoms with Gasteiger partial charge in [-0.2, -0.15) is 5.26 Å². The zero-order valence-electron chi connectivity index (χ0n) is 13.5. The standard InChI is InChI=1S/C19H18N2O3/c1-19(2)17(22)16(21-18(23)13-6-4-3-5-7-13)14-10-12(11-20)8-9-15(14)24-19/h3-10,16-17,22H,1-2H3,(H,21,23)/t16-,17+/m1/s1. The Hall–Kier alpha value is -2.84. The number of fused-ring (bicyclic) bond motifs is 1. The van der Waals surface area contributed by atoms with Gasteiger partial charge in [0, 0.05) is 11.1 Å². The van der Waals surface area contributed by atoms with Crippen molar-refractivity contribution in [2.75, 3.05) is 0 Å². The zero-order valence-corrected chi connectivity index (χ0v) is 13.5. The van der Waals surface area contributed by atoms with Gasteiger partial charge in [-0.3, -0.25) is 4.79 Å². The molecule has 2 N–H and O–H groups in total. The summed E-state index contributed by atoms with van der Waals surface area (Å²) in [6.07, 6.45) is -0.952. The number of hydrogen-bond donors (Lipinski definition) is 2. The summed E-state index contributed by atoms with van der Waals surface area (Å²) in [7, 11) is 0. The molecule has 0 spiro atoms. The summed E-state index contributed by atoms with van der Waals surface area (Å²) < 4.78 is 5.84. The first-order valence-corrected chi connectivity index (χ1v) is 7.69. The average Bonchev–Trinajstić information content (AvgIpc) is 2.59. The Morgan fingerprint density at radius 2 is 1.96 bits per heavy atom. The zero-order chi connectivity index (χ0) is 17.3. The van der Waals surface area contributed by atoms with E-state index in [1.165, 1.54) is 0 Å². The third-order valence-corrected chi connectivity index (χ3v) is 4.20. The summed E-state index contributed by atoms with van der Waals surface area (Å²) in [5.41, 5.74) is 0.691. The van der Waals surface area contributed by atoms with Crippen LogP contribution >= 0.6 is 0 Å². The lowest BCUT2D eigenvalue weighted by molar-refractivity contribution is -0.0627. The van der Waals surface area contributed by atoms with E-state index in [1.54, 1.807) is 56.3 Å². The molecule has 3 rings (SSSR count). The molecule has 0 radical (unpaired) electrons. The van der Waals surface area contributed by atoms with Crippen LogP contribution in [0.2, 0.25) is 0 Å². The fraction of sp³-hybridized carbons (Fsp3) is 0.263. The highest BCUT2D eigenvalue weighted by molar-refractivity contribution is 5.94. The van der Waals surface area contributed by atoms with Crippen LogP contribution < -0.4 is 10.1 Å². The van der Waals surface area contributed by atoms with Crippen LogP contribution in [-0.4, -0.2) is 22.7 Å². The van der Waals surface area contributed by atoms with Crippen molar-refractivity contribution in [3.63, 3.8) is 0 Å². The second-order valence-corrected chi connectivity index (χ2v) is 6.33. The van der Waals surface area contributed by atoms with E-state index >= 15 is 0 Å². The Bertz CT molecular complexity index is 809. The van der Waals surface area contributed by atoms with Crippen molar-refractivity contribution in [1.29, 1.82) is 5.26 Å². The lowest BCUT2D eigenvalue weighted by Crippen LogP contribution is -2.53. The van der Waals surface area contributed by atoms with E-state index in [-0.39, 0.29) is 5.91 Å². The molecule has 0 saturated carbocycles. The van der Waals surface area contributed by atoms with Crippen LogP contribution in [0.1, 0.15) is 41.4 Å². The summed E-state index contributed by atoms with van der Waals surface area (Å²) in [6.45, 7) is 3.53. The molecule has 2 atom stereocenters. The van der Waals surface area contributed by atoms with Gasteiger partial charge in [-0.25, -0.2) is 0 Å². The number of rotatable bonds is 2. The predicted molar refractivity (Wildman–Crippen MR) is 88.5 cm³/mol.